The van der Waals surface area contributed by atoms with Gasteiger partial charge in [0.25, 0.3) is 0 Å². The third-order valence-electron chi connectivity index (χ3n) is 15.5. The number of aromatic nitrogens is 3. The summed E-state index contributed by atoms with van der Waals surface area (Å²) in [5.74, 6) is -5.01. The summed E-state index contributed by atoms with van der Waals surface area (Å²) in [5.41, 5.74) is 5.53. The number of rotatable bonds is 28. The van der Waals surface area contributed by atoms with Crippen LogP contribution in [0.4, 0.5) is 0 Å². The number of nitrogens with zero attached hydrogens (tertiary/aromatic N) is 1. The van der Waals surface area contributed by atoms with Crippen LogP contribution in [0.15, 0.2) is 146 Å². The zero-order valence-electron chi connectivity index (χ0n) is 46.7. The third kappa shape index (κ3) is 13.6. The van der Waals surface area contributed by atoms with Crippen molar-refractivity contribution in [1.82, 2.24) is 30.9 Å². The van der Waals surface area contributed by atoms with Gasteiger partial charge in [0, 0.05) is 113 Å². The number of carbonyl (C=O) groups excluding carboxylic acids is 3. The number of nitrogens with one attached hydrogen (secondary N) is 6. The number of benzene rings is 6. The van der Waals surface area contributed by atoms with Crippen molar-refractivity contribution in [2.75, 3.05) is 21.3 Å². The van der Waals surface area contributed by atoms with Gasteiger partial charge in [0.05, 0.1) is 21.3 Å². The molecule has 85 heavy (non-hydrogen) atoms. The molecule has 9 aromatic rings. The number of carboxylic acid groups (broad SMARTS) is 3. The SMILES string of the molecule is COc1ccc(-c2[nH]c3ccccc3c2CC(NC(=O)CCC(CCC(=O)NC(Cc2c(-c3ccc(OC)cc3)[nH]c3ccccc23)C(=O)O)(CCC(=O)NC(Cc2c(-c3ccc(OC)cc3)[nH]c3ccccc23)C(=O)O)[N+](=O)[O-])C(=O)O)cc1. The minimum Gasteiger partial charge on any atom is -0.497 e. The van der Waals surface area contributed by atoms with Gasteiger partial charge in [-0.3, -0.25) is 24.5 Å². The lowest BCUT2D eigenvalue weighted by atomic mass is 9.83. The summed E-state index contributed by atoms with van der Waals surface area (Å²) < 4.78 is 16.0. The Balaban J connectivity index is 0.960. The van der Waals surface area contributed by atoms with Crippen molar-refractivity contribution in [3.63, 3.8) is 0 Å². The van der Waals surface area contributed by atoms with Crippen molar-refractivity contribution >= 4 is 68.3 Å². The van der Waals surface area contributed by atoms with E-state index in [1.165, 1.54) is 21.3 Å². The zero-order valence-corrected chi connectivity index (χ0v) is 46.7. The topological polar surface area (TPSA) is 317 Å². The molecule has 0 saturated heterocycles. The highest BCUT2D eigenvalue weighted by Gasteiger charge is 2.44. The van der Waals surface area contributed by atoms with Crippen LogP contribution in [0.5, 0.6) is 17.2 Å². The van der Waals surface area contributed by atoms with E-state index in [0.29, 0.717) is 100 Å². The van der Waals surface area contributed by atoms with Gasteiger partial charge in [0.2, 0.25) is 23.3 Å². The molecule has 0 aliphatic heterocycles. The Labute approximate surface area is 486 Å². The second kappa shape index (κ2) is 26.2. The Morgan fingerprint density at radius 2 is 0.706 bits per heavy atom. The Hall–Kier alpha value is -10.4. The number of methoxy groups -OCH3 is 3. The van der Waals surface area contributed by atoms with Gasteiger partial charge in [-0.15, -0.1) is 0 Å². The number of carboxylic acids is 3. The molecule has 0 aliphatic rings. The van der Waals surface area contributed by atoms with E-state index >= 15 is 0 Å². The van der Waals surface area contributed by atoms with E-state index in [4.69, 9.17) is 14.2 Å². The highest BCUT2D eigenvalue weighted by atomic mass is 16.6. The molecule has 9 N–H and O–H groups in total. The number of carbonyl (C=O) groups is 6. The Bertz CT molecular complexity index is 3530. The Kier molecular flexibility index (Phi) is 18.3. The van der Waals surface area contributed by atoms with Crippen molar-refractivity contribution in [2.45, 2.75) is 81.5 Å². The van der Waals surface area contributed by atoms with Crippen molar-refractivity contribution in [3.05, 3.63) is 172 Å². The van der Waals surface area contributed by atoms with Crippen molar-refractivity contribution in [1.29, 1.82) is 0 Å². The van der Waals surface area contributed by atoms with E-state index in [1.54, 1.807) is 91.0 Å². The van der Waals surface area contributed by atoms with Gasteiger partial charge in [-0.25, -0.2) is 14.4 Å². The fourth-order valence-corrected chi connectivity index (χ4v) is 10.9. The third-order valence-corrected chi connectivity index (χ3v) is 15.5. The molecule has 21 heteroatoms. The number of aliphatic carboxylic acids is 3. The van der Waals surface area contributed by atoms with E-state index in [2.05, 4.69) is 30.9 Å². The van der Waals surface area contributed by atoms with E-state index < -0.39 is 103 Å². The molecule has 0 fully saturated rings. The minimum absolute atomic E-state index is 0.205. The molecule has 21 nitrogen and oxygen atoms in total. The number of hydrogen-bond donors (Lipinski definition) is 9. The van der Waals surface area contributed by atoms with Crippen molar-refractivity contribution in [3.8, 4) is 51.0 Å². The van der Waals surface area contributed by atoms with Gasteiger partial charge in [-0.2, -0.15) is 0 Å². The second-order valence-electron chi connectivity index (χ2n) is 20.7. The molecule has 3 atom stereocenters. The van der Waals surface area contributed by atoms with Crippen LogP contribution in [0, 0.1) is 10.1 Å². The Morgan fingerprint density at radius 1 is 0.447 bits per heavy atom. The molecule has 0 saturated carbocycles. The predicted octanol–water partition coefficient (Wildman–Crippen LogP) is 9.25. The molecule has 0 spiro atoms. The highest BCUT2D eigenvalue weighted by molar-refractivity contribution is 5.95. The fraction of sp³-hybridized carbons (Fsp3) is 0.250. The van der Waals surface area contributed by atoms with Crippen molar-refractivity contribution in [2.24, 2.45) is 0 Å². The van der Waals surface area contributed by atoms with Crippen LogP contribution in [0.3, 0.4) is 0 Å². The van der Waals surface area contributed by atoms with Crippen LogP contribution < -0.4 is 30.2 Å². The monoisotopic (exact) mass is 1150 g/mol. The zero-order chi connectivity index (χ0) is 60.4. The molecule has 3 unspecified atom stereocenters. The molecule has 0 aliphatic carbocycles. The van der Waals surface area contributed by atoms with Gasteiger partial charge in [0.15, 0.2) is 0 Å². The maximum atomic E-state index is 14.0. The average Bonchev–Trinajstić information content (AvgIpc) is 2.31. The minimum atomic E-state index is -2.25. The molecule has 438 valence electrons. The van der Waals surface area contributed by atoms with Crippen LogP contribution in [0.2, 0.25) is 0 Å². The van der Waals surface area contributed by atoms with Crippen LogP contribution in [0.25, 0.3) is 66.5 Å². The first-order chi connectivity index (χ1) is 41.0. The molecule has 6 aromatic carbocycles. The smallest absolute Gasteiger partial charge is 0.326 e. The predicted molar refractivity (Wildman–Crippen MR) is 318 cm³/mol. The van der Waals surface area contributed by atoms with Crippen molar-refractivity contribution < 1.29 is 63.2 Å². The number of aromatic amines is 3. The highest BCUT2D eigenvalue weighted by Crippen LogP contribution is 2.37. The molecular formula is C64H63N7O14. The average molecular weight is 1150 g/mol. The van der Waals surface area contributed by atoms with Crippen LogP contribution in [0.1, 0.15) is 55.2 Å². The fourth-order valence-electron chi connectivity index (χ4n) is 10.9. The standard InChI is InChI=1S/C64H63N7O14/c1-83-40-22-16-37(17-23-40)58-46(43-10-4-7-13-49(43)68-58)34-52(61(75)76)65-55(72)28-31-64(71(81)82,32-29-56(73)66-53(62(77)78)35-47-44-11-5-8-14-50(44)69-59(47)38-18-24-41(84-2)25-19-38)33-30-57(74)67-54(63(79)80)36-48-45-12-6-9-15-51(45)70-60(48)39-20-26-42(85-3)27-21-39/h4-27,52-54,68-70H,28-36H2,1-3H3,(H,65,72)(H,66,73)(H,67,74)(H,75,76)(H,77,78)(H,79,80). The maximum absolute atomic E-state index is 14.0. The lowest BCUT2D eigenvalue weighted by molar-refractivity contribution is -0.573. The van der Waals surface area contributed by atoms with Gasteiger partial charge in [0.1, 0.15) is 35.4 Å². The van der Waals surface area contributed by atoms with Crippen LogP contribution in [-0.2, 0) is 48.0 Å². The lowest BCUT2D eigenvalue weighted by Gasteiger charge is -2.26. The molecular weight excluding hydrogens is 1090 g/mol. The summed E-state index contributed by atoms with van der Waals surface area (Å²) in [6.45, 7) is 0. The summed E-state index contributed by atoms with van der Waals surface area (Å²) in [6.07, 6.45) is -4.41. The van der Waals surface area contributed by atoms with Gasteiger partial charge >= 0.3 is 17.9 Å². The first-order valence-electron chi connectivity index (χ1n) is 27.4. The van der Waals surface area contributed by atoms with Gasteiger partial charge < -0.3 is 60.4 Å². The summed E-state index contributed by atoms with van der Waals surface area (Å²) in [5, 5.41) is 55.0. The molecule has 3 amide bonds. The number of H-pyrrole nitrogens is 3. The number of hydrogen-bond acceptors (Lipinski definition) is 11. The first-order valence-corrected chi connectivity index (χ1v) is 27.4. The summed E-state index contributed by atoms with van der Waals surface area (Å²) in [4.78, 5) is 104. The van der Waals surface area contributed by atoms with Gasteiger partial charge in [-0.1, -0.05) is 54.6 Å². The molecule has 0 bridgehead atoms. The number of amides is 3. The van der Waals surface area contributed by atoms with Gasteiger partial charge in [-0.05, 0) is 124 Å². The van der Waals surface area contributed by atoms with Crippen LogP contribution in [-0.4, -0.2) is 116 Å². The second-order valence-corrected chi connectivity index (χ2v) is 20.7. The first kappa shape index (κ1) is 59.2. The summed E-state index contributed by atoms with van der Waals surface area (Å²) in [7, 11) is 4.59. The van der Waals surface area contributed by atoms with Crippen LogP contribution >= 0.6 is 0 Å². The molecule has 3 aromatic heterocycles. The molecule has 9 rings (SSSR count). The lowest BCUT2D eigenvalue weighted by Crippen LogP contribution is -2.47. The normalized spacial score (nSPS) is 13.1. The quantitative estimate of drug-likeness (QED) is 0.0163. The Morgan fingerprint density at radius 3 is 0.941 bits per heavy atom. The summed E-state index contributed by atoms with van der Waals surface area (Å²) in [6, 6.07) is 38.5. The molecule has 0 radical (unpaired) electrons. The largest absolute Gasteiger partial charge is 0.497 e. The molecule has 3 heterocycles. The maximum Gasteiger partial charge on any atom is 0.326 e. The number of ether oxygens (including phenoxy) is 3. The van der Waals surface area contributed by atoms with E-state index in [-0.39, 0.29) is 19.3 Å². The van der Waals surface area contributed by atoms with E-state index in [0.717, 1.165) is 0 Å². The number of para-hydroxylation sites is 3. The number of fused-ring (bicyclic) bond motifs is 3. The number of nitro groups is 1. The summed E-state index contributed by atoms with van der Waals surface area (Å²) >= 11 is 0. The van der Waals surface area contributed by atoms with E-state index in [1.807, 2.05) is 54.6 Å². The van der Waals surface area contributed by atoms with E-state index in [9.17, 15) is 54.2 Å².